The SMILES string of the molecule is O=[N+]([O-])c1ccc(-c2nn3c(c2O)Cc2ccccc2-3)cc1. The van der Waals surface area contributed by atoms with Gasteiger partial charge in [-0.3, -0.25) is 10.1 Å². The molecular formula is C16H11N3O3. The number of aromatic hydroxyl groups is 1. The predicted octanol–water partition coefficient (Wildman–Crippen LogP) is 3.06. The molecule has 0 saturated carbocycles. The molecule has 1 aromatic heterocycles. The van der Waals surface area contributed by atoms with Gasteiger partial charge >= 0.3 is 0 Å². The van der Waals surface area contributed by atoms with Crippen LogP contribution in [-0.4, -0.2) is 19.8 Å². The molecule has 2 heterocycles. The summed E-state index contributed by atoms with van der Waals surface area (Å²) in [5.74, 6) is 0.130. The number of nitro groups is 1. The third kappa shape index (κ3) is 1.70. The summed E-state index contributed by atoms with van der Waals surface area (Å²) in [5.41, 5.74) is 3.94. The van der Waals surface area contributed by atoms with E-state index in [1.807, 2.05) is 24.3 Å². The molecule has 108 valence electrons. The summed E-state index contributed by atoms with van der Waals surface area (Å²) in [6, 6.07) is 13.9. The van der Waals surface area contributed by atoms with Crippen molar-refractivity contribution in [3.05, 3.63) is 69.9 Å². The minimum atomic E-state index is -0.451. The Hall–Kier alpha value is -3.15. The molecule has 3 aromatic rings. The third-order valence-electron chi connectivity index (χ3n) is 3.88. The van der Waals surface area contributed by atoms with Crippen molar-refractivity contribution in [1.82, 2.24) is 9.78 Å². The van der Waals surface area contributed by atoms with Gasteiger partial charge in [0, 0.05) is 24.1 Å². The molecule has 0 radical (unpaired) electrons. The second-order valence-corrected chi connectivity index (χ2v) is 5.17. The number of rotatable bonds is 2. The summed E-state index contributed by atoms with van der Waals surface area (Å²) < 4.78 is 1.74. The van der Waals surface area contributed by atoms with Crippen molar-refractivity contribution < 1.29 is 10.0 Å². The van der Waals surface area contributed by atoms with Crippen LogP contribution in [0.25, 0.3) is 16.9 Å². The second kappa shape index (κ2) is 4.42. The molecule has 0 unspecified atom stereocenters. The van der Waals surface area contributed by atoms with Crippen LogP contribution < -0.4 is 0 Å². The molecule has 0 spiro atoms. The van der Waals surface area contributed by atoms with E-state index in [1.165, 1.54) is 12.1 Å². The zero-order chi connectivity index (χ0) is 15.3. The van der Waals surface area contributed by atoms with Crippen molar-refractivity contribution in [1.29, 1.82) is 0 Å². The van der Waals surface area contributed by atoms with E-state index in [2.05, 4.69) is 5.10 Å². The Morgan fingerprint density at radius 3 is 2.59 bits per heavy atom. The average Bonchev–Trinajstić information content (AvgIpc) is 3.05. The highest BCUT2D eigenvalue weighted by molar-refractivity contribution is 5.70. The molecule has 0 amide bonds. The van der Waals surface area contributed by atoms with Crippen LogP contribution in [0.15, 0.2) is 48.5 Å². The maximum Gasteiger partial charge on any atom is 0.269 e. The largest absolute Gasteiger partial charge is 0.504 e. The first-order valence-electron chi connectivity index (χ1n) is 6.79. The standard InChI is InChI=1S/C16H11N3O3/c20-16-14-9-11-3-1-2-4-13(11)18(14)17-15(16)10-5-7-12(8-6-10)19(21)22/h1-8,20H,9H2. The van der Waals surface area contributed by atoms with Gasteiger partial charge in [0.2, 0.25) is 0 Å². The van der Waals surface area contributed by atoms with Crippen molar-refractivity contribution in [2.45, 2.75) is 6.42 Å². The highest BCUT2D eigenvalue weighted by Gasteiger charge is 2.26. The molecular weight excluding hydrogens is 282 g/mol. The van der Waals surface area contributed by atoms with Gasteiger partial charge in [0.05, 0.1) is 16.3 Å². The van der Waals surface area contributed by atoms with E-state index in [9.17, 15) is 15.2 Å². The predicted molar refractivity (Wildman–Crippen MR) is 80.1 cm³/mol. The lowest BCUT2D eigenvalue weighted by Crippen LogP contribution is -1.94. The van der Waals surface area contributed by atoms with Crippen LogP contribution in [0.1, 0.15) is 11.3 Å². The molecule has 0 fully saturated rings. The van der Waals surface area contributed by atoms with Gasteiger partial charge in [-0.05, 0) is 23.8 Å². The fraction of sp³-hybridized carbons (Fsp3) is 0.0625. The van der Waals surface area contributed by atoms with Crippen LogP contribution in [0.4, 0.5) is 5.69 Å². The Morgan fingerprint density at radius 1 is 1.14 bits per heavy atom. The number of non-ortho nitro benzene ring substituents is 1. The Kier molecular flexibility index (Phi) is 2.53. The Bertz CT molecular complexity index is 897. The number of benzene rings is 2. The molecule has 0 aliphatic carbocycles. The first kappa shape index (κ1) is 12.6. The number of fused-ring (bicyclic) bond motifs is 3. The summed E-state index contributed by atoms with van der Waals surface area (Å²) in [4.78, 5) is 10.3. The normalized spacial score (nSPS) is 12.0. The molecule has 1 N–H and O–H groups in total. The lowest BCUT2D eigenvalue weighted by molar-refractivity contribution is -0.384. The number of nitrogens with zero attached hydrogens (tertiary/aromatic N) is 3. The van der Waals surface area contributed by atoms with Crippen LogP contribution in [0.5, 0.6) is 5.75 Å². The van der Waals surface area contributed by atoms with E-state index >= 15 is 0 Å². The lowest BCUT2D eigenvalue weighted by Gasteiger charge is -2.01. The Morgan fingerprint density at radius 2 is 1.86 bits per heavy atom. The van der Waals surface area contributed by atoms with Gasteiger partial charge in [0.15, 0.2) is 5.75 Å². The van der Waals surface area contributed by atoms with E-state index in [-0.39, 0.29) is 11.4 Å². The highest BCUT2D eigenvalue weighted by atomic mass is 16.6. The van der Waals surface area contributed by atoms with Crippen LogP contribution in [0.2, 0.25) is 0 Å². The molecule has 6 nitrogen and oxygen atoms in total. The number of nitro benzene ring substituents is 1. The molecule has 0 saturated heterocycles. The first-order chi connectivity index (χ1) is 10.6. The minimum Gasteiger partial charge on any atom is -0.504 e. The zero-order valence-electron chi connectivity index (χ0n) is 11.4. The number of hydrogen-bond donors (Lipinski definition) is 1. The topological polar surface area (TPSA) is 81.2 Å². The molecule has 1 aliphatic rings. The quantitative estimate of drug-likeness (QED) is 0.455. The fourth-order valence-electron chi connectivity index (χ4n) is 2.79. The van der Waals surface area contributed by atoms with Gasteiger partial charge in [-0.15, -0.1) is 0 Å². The summed E-state index contributed by atoms with van der Waals surface area (Å²) in [7, 11) is 0. The third-order valence-corrected chi connectivity index (χ3v) is 3.88. The molecule has 2 aromatic carbocycles. The van der Waals surface area contributed by atoms with Crippen LogP contribution in [-0.2, 0) is 6.42 Å². The maximum atomic E-state index is 10.7. The zero-order valence-corrected chi connectivity index (χ0v) is 11.4. The van der Waals surface area contributed by atoms with E-state index in [0.717, 1.165) is 16.9 Å². The molecule has 6 heteroatoms. The fourth-order valence-corrected chi connectivity index (χ4v) is 2.79. The highest BCUT2D eigenvalue weighted by Crippen LogP contribution is 2.39. The van der Waals surface area contributed by atoms with Crippen molar-refractivity contribution in [3.8, 4) is 22.7 Å². The van der Waals surface area contributed by atoms with E-state index in [1.54, 1.807) is 16.8 Å². The van der Waals surface area contributed by atoms with Gasteiger partial charge in [0.1, 0.15) is 5.69 Å². The molecule has 22 heavy (non-hydrogen) atoms. The summed E-state index contributed by atoms with van der Waals surface area (Å²) in [6.07, 6.45) is 0.627. The van der Waals surface area contributed by atoms with E-state index < -0.39 is 4.92 Å². The average molecular weight is 293 g/mol. The Balaban J connectivity index is 1.81. The molecule has 4 rings (SSSR count). The number of para-hydroxylation sites is 1. The van der Waals surface area contributed by atoms with Gasteiger partial charge < -0.3 is 5.11 Å². The van der Waals surface area contributed by atoms with Crippen LogP contribution in [0.3, 0.4) is 0 Å². The Labute approximate surface area is 125 Å². The van der Waals surface area contributed by atoms with Crippen molar-refractivity contribution in [2.24, 2.45) is 0 Å². The molecule has 0 atom stereocenters. The number of hydrogen-bond acceptors (Lipinski definition) is 4. The lowest BCUT2D eigenvalue weighted by atomic mass is 10.1. The van der Waals surface area contributed by atoms with E-state index in [0.29, 0.717) is 17.7 Å². The summed E-state index contributed by atoms with van der Waals surface area (Å²) in [5, 5.41) is 25.6. The summed E-state index contributed by atoms with van der Waals surface area (Å²) in [6.45, 7) is 0. The van der Waals surface area contributed by atoms with Gasteiger partial charge in [-0.2, -0.15) is 5.10 Å². The monoisotopic (exact) mass is 293 g/mol. The minimum absolute atomic E-state index is 0.0142. The van der Waals surface area contributed by atoms with Crippen molar-refractivity contribution >= 4 is 5.69 Å². The molecule has 1 aliphatic heterocycles. The first-order valence-corrected chi connectivity index (χ1v) is 6.79. The molecule has 0 bridgehead atoms. The van der Waals surface area contributed by atoms with Crippen molar-refractivity contribution in [2.75, 3.05) is 0 Å². The smallest absolute Gasteiger partial charge is 0.269 e. The van der Waals surface area contributed by atoms with Gasteiger partial charge in [-0.1, -0.05) is 18.2 Å². The summed E-state index contributed by atoms with van der Waals surface area (Å²) >= 11 is 0. The van der Waals surface area contributed by atoms with E-state index in [4.69, 9.17) is 0 Å². The van der Waals surface area contributed by atoms with Crippen LogP contribution in [0, 0.1) is 10.1 Å². The maximum absolute atomic E-state index is 10.7. The van der Waals surface area contributed by atoms with Gasteiger partial charge in [0.25, 0.3) is 5.69 Å². The van der Waals surface area contributed by atoms with Crippen LogP contribution >= 0.6 is 0 Å². The van der Waals surface area contributed by atoms with Gasteiger partial charge in [-0.25, -0.2) is 4.68 Å². The number of aromatic nitrogens is 2. The second-order valence-electron chi connectivity index (χ2n) is 5.17. The van der Waals surface area contributed by atoms with Crippen molar-refractivity contribution in [3.63, 3.8) is 0 Å².